The number of carbonyl (C=O) groups excluding carboxylic acids is 1. The van der Waals surface area contributed by atoms with Crippen molar-refractivity contribution in [3.8, 4) is 0 Å². The summed E-state index contributed by atoms with van der Waals surface area (Å²) in [4.78, 5) is 16.1. The quantitative estimate of drug-likeness (QED) is 0.853. The van der Waals surface area contributed by atoms with Gasteiger partial charge in [-0.1, -0.05) is 0 Å². The van der Waals surface area contributed by atoms with Gasteiger partial charge in [0.05, 0.1) is 23.9 Å². The first kappa shape index (κ1) is 12.0. The van der Waals surface area contributed by atoms with Crippen molar-refractivity contribution in [3.05, 3.63) is 24.0 Å². The van der Waals surface area contributed by atoms with Gasteiger partial charge in [0.25, 0.3) is 0 Å². The second kappa shape index (κ2) is 5.27. The average molecular weight is 234 g/mol. The lowest BCUT2D eigenvalue weighted by Gasteiger charge is -2.28. The van der Waals surface area contributed by atoms with E-state index in [0.717, 1.165) is 30.7 Å². The highest BCUT2D eigenvalue weighted by Crippen LogP contribution is 2.22. The van der Waals surface area contributed by atoms with Crippen molar-refractivity contribution in [2.45, 2.75) is 32.8 Å². The number of carbonyl (C=O) groups is 1. The van der Waals surface area contributed by atoms with Crippen LogP contribution in [0.3, 0.4) is 0 Å². The Morgan fingerprint density at radius 1 is 1.59 bits per heavy atom. The van der Waals surface area contributed by atoms with Crippen LogP contribution >= 0.6 is 0 Å². The number of aromatic nitrogens is 1. The second-order valence-corrected chi connectivity index (χ2v) is 4.50. The Bertz CT molecular complexity index is 406. The standard InChI is InChI=1S/C13H18N2O2/c1-9-5-6-14-8-12(9)15-13(16)11-4-3-7-17-10(11)2/h5-6,8,10-11H,3-4,7H2,1-2H3,(H,15,16)/t10-,11-/m0/s1. The minimum atomic E-state index is -0.0524. The van der Waals surface area contributed by atoms with Gasteiger partial charge in [0.2, 0.25) is 5.91 Å². The van der Waals surface area contributed by atoms with Crippen LogP contribution in [0.15, 0.2) is 18.5 Å². The molecule has 1 aromatic rings. The van der Waals surface area contributed by atoms with Crippen molar-refractivity contribution < 1.29 is 9.53 Å². The summed E-state index contributed by atoms with van der Waals surface area (Å²) in [5, 5.41) is 2.93. The molecule has 0 bridgehead atoms. The van der Waals surface area contributed by atoms with Crippen molar-refractivity contribution in [1.29, 1.82) is 0 Å². The Morgan fingerprint density at radius 3 is 3.12 bits per heavy atom. The molecule has 2 heterocycles. The highest BCUT2D eigenvalue weighted by Gasteiger charge is 2.28. The molecule has 1 saturated heterocycles. The van der Waals surface area contributed by atoms with Gasteiger partial charge in [-0.15, -0.1) is 0 Å². The highest BCUT2D eigenvalue weighted by molar-refractivity contribution is 5.93. The molecule has 92 valence electrons. The summed E-state index contributed by atoms with van der Waals surface area (Å²) in [6, 6.07) is 1.89. The predicted molar refractivity (Wildman–Crippen MR) is 65.7 cm³/mol. The molecule has 0 saturated carbocycles. The maximum atomic E-state index is 12.1. The van der Waals surface area contributed by atoms with Gasteiger partial charge in [0.1, 0.15) is 0 Å². The molecular weight excluding hydrogens is 216 g/mol. The number of pyridine rings is 1. The van der Waals surface area contributed by atoms with Crippen LogP contribution in [-0.4, -0.2) is 23.6 Å². The number of aryl methyl sites for hydroxylation is 1. The van der Waals surface area contributed by atoms with E-state index in [9.17, 15) is 4.79 Å². The van der Waals surface area contributed by atoms with Gasteiger partial charge in [-0.05, 0) is 38.3 Å². The zero-order valence-electron chi connectivity index (χ0n) is 10.3. The normalized spacial score (nSPS) is 24.4. The predicted octanol–water partition coefficient (Wildman–Crippen LogP) is 2.14. The molecule has 0 aromatic carbocycles. The number of hydrogen-bond acceptors (Lipinski definition) is 3. The molecule has 17 heavy (non-hydrogen) atoms. The van der Waals surface area contributed by atoms with E-state index in [4.69, 9.17) is 4.74 Å². The molecule has 1 aromatic heterocycles. The molecule has 0 spiro atoms. The van der Waals surface area contributed by atoms with E-state index in [1.165, 1.54) is 0 Å². The molecule has 1 aliphatic heterocycles. The van der Waals surface area contributed by atoms with Crippen molar-refractivity contribution in [2.75, 3.05) is 11.9 Å². The average Bonchev–Trinajstić information content (AvgIpc) is 2.32. The van der Waals surface area contributed by atoms with E-state index < -0.39 is 0 Å². The smallest absolute Gasteiger partial charge is 0.230 e. The van der Waals surface area contributed by atoms with Crippen LogP contribution in [0.1, 0.15) is 25.3 Å². The van der Waals surface area contributed by atoms with Crippen LogP contribution in [0, 0.1) is 12.8 Å². The third kappa shape index (κ3) is 2.82. The molecule has 4 heteroatoms. The van der Waals surface area contributed by atoms with Crippen LogP contribution in [0.5, 0.6) is 0 Å². The third-order valence-corrected chi connectivity index (χ3v) is 3.24. The van der Waals surface area contributed by atoms with Gasteiger partial charge in [-0.2, -0.15) is 0 Å². The zero-order chi connectivity index (χ0) is 12.3. The maximum absolute atomic E-state index is 12.1. The van der Waals surface area contributed by atoms with Crippen LogP contribution in [0.25, 0.3) is 0 Å². The number of ether oxygens (including phenoxy) is 1. The fraction of sp³-hybridized carbons (Fsp3) is 0.538. The fourth-order valence-corrected chi connectivity index (χ4v) is 2.09. The van der Waals surface area contributed by atoms with Crippen LogP contribution in [0.2, 0.25) is 0 Å². The number of nitrogens with zero attached hydrogens (tertiary/aromatic N) is 1. The van der Waals surface area contributed by atoms with Gasteiger partial charge in [0, 0.05) is 12.8 Å². The van der Waals surface area contributed by atoms with E-state index in [1.54, 1.807) is 12.4 Å². The lowest BCUT2D eigenvalue weighted by atomic mass is 9.94. The fourth-order valence-electron chi connectivity index (χ4n) is 2.09. The minimum Gasteiger partial charge on any atom is -0.378 e. The Hall–Kier alpha value is -1.42. The van der Waals surface area contributed by atoms with Gasteiger partial charge in [0.15, 0.2) is 0 Å². The zero-order valence-corrected chi connectivity index (χ0v) is 10.3. The molecule has 2 rings (SSSR count). The summed E-state index contributed by atoms with van der Waals surface area (Å²) in [5.74, 6) is -0.0170. The molecule has 1 fully saturated rings. The van der Waals surface area contributed by atoms with E-state index in [-0.39, 0.29) is 17.9 Å². The number of rotatable bonds is 2. The molecule has 1 aliphatic rings. The summed E-state index contributed by atoms with van der Waals surface area (Å²) in [6.45, 7) is 4.68. The Kier molecular flexibility index (Phi) is 3.74. The largest absolute Gasteiger partial charge is 0.378 e. The molecule has 1 amide bonds. The second-order valence-electron chi connectivity index (χ2n) is 4.50. The number of anilines is 1. The van der Waals surface area contributed by atoms with Gasteiger partial charge >= 0.3 is 0 Å². The van der Waals surface area contributed by atoms with E-state index in [0.29, 0.717) is 0 Å². The van der Waals surface area contributed by atoms with Gasteiger partial charge in [-0.25, -0.2) is 0 Å². The number of nitrogens with one attached hydrogen (secondary N) is 1. The SMILES string of the molecule is Cc1ccncc1NC(=O)[C@H]1CCCO[C@H]1C. The Labute approximate surface area is 101 Å². The lowest BCUT2D eigenvalue weighted by molar-refractivity contribution is -0.127. The van der Waals surface area contributed by atoms with Crippen molar-refractivity contribution in [3.63, 3.8) is 0 Å². The number of hydrogen-bond donors (Lipinski definition) is 1. The molecule has 1 N–H and O–H groups in total. The highest BCUT2D eigenvalue weighted by atomic mass is 16.5. The third-order valence-electron chi connectivity index (χ3n) is 3.24. The minimum absolute atomic E-state index is 0.000674. The first-order chi connectivity index (χ1) is 8.18. The topological polar surface area (TPSA) is 51.2 Å². The first-order valence-electron chi connectivity index (χ1n) is 6.01. The first-order valence-corrected chi connectivity index (χ1v) is 6.01. The summed E-state index contributed by atoms with van der Waals surface area (Å²) in [5.41, 5.74) is 1.81. The van der Waals surface area contributed by atoms with E-state index >= 15 is 0 Å². The molecule has 4 nitrogen and oxygen atoms in total. The summed E-state index contributed by atoms with van der Waals surface area (Å²) < 4.78 is 5.50. The van der Waals surface area contributed by atoms with Crippen LogP contribution in [0.4, 0.5) is 5.69 Å². The van der Waals surface area contributed by atoms with Gasteiger partial charge < -0.3 is 10.1 Å². The lowest BCUT2D eigenvalue weighted by Crippen LogP contribution is -2.36. The summed E-state index contributed by atoms with van der Waals surface area (Å²) in [7, 11) is 0. The van der Waals surface area contributed by atoms with E-state index in [2.05, 4.69) is 10.3 Å². The van der Waals surface area contributed by atoms with Crippen LogP contribution in [-0.2, 0) is 9.53 Å². The van der Waals surface area contributed by atoms with E-state index in [1.807, 2.05) is 19.9 Å². The van der Waals surface area contributed by atoms with Crippen molar-refractivity contribution in [2.24, 2.45) is 5.92 Å². The molecule has 0 aliphatic carbocycles. The molecule has 2 atom stereocenters. The van der Waals surface area contributed by atoms with Gasteiger partial charge in [-0.3, -0.25) is 9.78 Å². The molecule has 0 unspecified atom stereocenters. The molecular formula is C13H18N2O2. The summed E-state index contributed by atoms with van der Waals surface area (Å²) >= 11 is 0. The Balaban J connectivity index is 2.03. The molecule has 0 radical (unpaired) electrons. The van der Waals surface area contributed by atoms with Crippen LogP contribution < -0.4 is 5.32 Å². The maximum Gasteiger partial charge on any atom is 0.230 e. The van der Waals surface area contributed by atoms with Crippen molar-refractivity contribution in [1.82, 2.24) is 4.98 Å². The summed E-state index contributed by atoms with van der Waals surface area (Å²) in [6.07, 6.45) is 5.25. The van der Waals surface area contributed by atoms with Crippen molar-refractivity contribution >= 4 is 11.6 Å². The Morgan fingerprint density at radius 2 is 2.41 bits per heavy atom. The monoisotopic (exact) mass is 234 g/mol. The number of amides is 1.